The lowest BCUT2D eigenvalue weighted by atomic mass is 10.2. The van der Waals surface area contributed by atoms with Crippen molar-refractivity contribution >= 4 is 5.97 Å². The monoisotopic (exact) mass is 668 g/mol. The van der Waals surface area contributed by atoms with Crippen molar-refractivity contribution in [1.29, 1.82) is 0 Å². The van der Waals surface area contributed by atoms with Gasteiger partial charge in [-0.3, -0.25) is 4.79 Å². The van der Waals surface area contributed by atoms with Crippen LogP contribution in [0.1, 0.15) is 78.1 Å². The first-order valence-corrected chi connectivity index (χ1v) is 17.7. The van der Waals surface area contributed by atoms with E-state index in [1.54, 1.807) is 0 Å². The standard InChI is InChI=1S/C34H68O12/c1-3-5-7-9-11-13-36-14-15-37-16-17-38-18-19-39-20-21-40-22-23-41-24-25-42-26-27-43-28-29-44-30-31-45-32-33-46-34(35)12-10-8-6-4-2/h3-33H2,1-2H3. The molecular formula is C34H68O12. The zero-order valence-electron chi connectivity index (χ0n) is 29.3. The molecule has 0 unspecified atom stereocenters. The first-order valence-electron chi connectivity index (χ1n) is 17.7. The fourth-order valence-corrected chi connectivity index (χ4v) is 3.87. The fourth-order valence-electron chi connectivity index (χ4n) is 3.87. The predicted molar refractivity (Wildman–Crippen MR) is 177 cm³/mol. The molecule has 0 fully saturated rings. The molecule has 0 aromatic rings. The summed E-state index contributed by atoms with van der Waals surface area (Å²) in [7, 11) is 0. The Balaban J connectivity index is 3.07. The summed E-state index contributed by atoms with van der Waals surface area (Å²) in [6.45, 7) is 15.3. The molecule has 0 saturated heterocycles. The van der Waals surface area contributed by atoms with Gasteiger partial charge < -0.3 is 52.1 Å². The van der Waals surface area contributed by atoms with E-state index in [1.807, 2.05) is 0 Å². The van der Waals surface area contributed by atoms with E-state index in [9.17, 15) is 4.79 Å². The van der Waals surface area contributed by atoms with Crippen LogP contribution in [0.3, 0.4) is 0 Å². The third-order valence-electron chi connectivity index (χ3n) is 6.47. The molecule has 0 spiro atoms. The average molecular weight is 669 g/mol. The molecule has 0 aromatic carbocycles. The first kappa shape index (κ1) is 45.1. The normalized spacial score (nSPS) is 11.4. The van der Waals surface area contributed by atoms with Crippen molar-refractivity contribution in [3.05, 3.63) is 0 Å². The van der Waals surface area contributed by atoms with Crippen LogP contribution in [0.4, 0.5) is 0 Å². The third-order valence-corrected chi connectivity index (χ3v) is 6.47. The second-order valence-corrected chi connectivity index (χ2v) is 10.6. The SMILES string of the molecule is CCCCCCCOCCOCCOCCOCCOCCOCCOCCOCCOCCOCCOC(=O)CCCCCC. The van der Waals surface area contributed by atoms with E-state index in [-0.39, 0.29) is 12.6 Å². The van der Waals surface area contributed by atoms with E-state index in [4.69, 9.17) is 52.1 Å². The van der Waals surface area contributed by atoms with Crippen LogP contribution in [-0.2, 0) is 56.9 Å². The van der Waals surface area contributed by atoms with Gasteiger partial charge in [0.05, 0.1) is 126 Å². The summed E-state index contributed by atoms with van der Waals surface area (Å²) in [5.74, 6) is -0.150. The minimum Gasteiger partial charge on any atom is -0.463 e. The molecule has 0 aliphatic rings. The molecule has 46 heavy (non-hydrogen) atoms. The van der Waals surface area contributed by atoms with Gasteiger partial charge in [-0.15, -0.1) is 0 Å². The van der Waals surface area contributed by atoms with Crippen LogP contribution in [0.15, 0.2) is 0 Å². The first-order chi connectivity index (χ1) is 22.8. The average Bonchev–Trinajstić information content (AvgIpc) is 3.06. The molecule has 0 aromatic heterocycles. The summed E-state index contributed by atoms with van der Waals surface area (Å²) in [4.78, 5) is 11.5. The summed E-state index contributed by atoms with van der Waals surface area (Å²) in [6.07, 6.45) is 11.0. The molecule has 0 amide bonds. The summed E-state index contributed by atoms with van der Waals surface area (Å²) >= 11 is 0. The van der Waals surface area contributed by atoms with Gasteiger partial charge in [0.2, 0.25) is 0 Å². The molecule has 0 N–H and O–H groups in total. The predicted octanol–water partition coefficient (Wildman–Crippen LogP) is 4.64. The Kier molecular flexibility index (Phi) is 41.2. The van der Waals surface area contributed by atoms with Crippen molar-refractivity contribution < 1.29 is 56.9 Å². The van der Waals surface area contributed by atoms with Gasteiger partial charge in [0.15, 0.2) is 0 Å². The maximum absolute atomic E-state index is 11.5. The second-order valence-electron chi connectivity index (χ2n) is 10.6. The Bertz CT molecular complexity index is 570. The van der Waals surface area contributed by atoms with E-state index in [1.165, 1.54) is 25.7 Å². The Labute approximate surface area is 279 Å². The fraction of sp³-hybridized carbons (Fsp3) is 0.971. The number of hydrogen-bond acceptors (Lipinski definition) is 12. The molecular weight excluding hydrogens is 600 g/mol. The van der Waals surface area contributed by atoms with Gasteiger partial charge in [-0.1, -0.05) is 58.8 Å². The third kappa shape index (κ3) is 41.1. The van der Waals surface area contributed by atoms with E-state index in [2.05, 4.69) is 13.8 Å². The van der Waals surface area contributed by atoms with Gasteiger partial charge in [-0.2, -0.15) is 0 Å². The number of rotatable bonds is 41. The van der Waals surface area contributed by atoms with Gasteiger partial charge in [0, 0.05) is 13.0 Å². The van der Waals surface area contributed by atoms with Crippen molar-refractivity contribution in [2.24, 2.45) is 0 Å². The molecule has 0 atom stereocenters. The van der Waals surface area contributed by atoms with E-state index in [0.717, 1.165) is 38.7 Å². The van der Waals surface area contributed by atoms with Crippen LogP contribution >= 0.6 is 0 Å². The Morgan fingerprint density at radius 3 is 0.891 bits per heavy atom. The molecule has 12 nitrogen and oxygen atoms in total. The summed E-state index contributed by atoms with van der Waals surface area (Å²) < 4.78 is 59.9. The number of ether oxygens (including phenoxy) is 11. The lowest BCUT2D eigenvalue weighted by Crippen LogP contribution is -2.15. The maximum atomic E-state index is 11.5. The quantitative estimate of drug-likeness (QED) is 0.0667. The van der Waals surface area contributed by atoms with E-state index < -0.39 is 0 Å². The smallest absolute Gasteiger partial charge is 0.305 e. The van der Waals surface area contributed by atoms with Crippen molar-refractivity contribution in [3.63, 3.8) is 0 Å². The van der Waals surface area contributed by atoms with Crippen LogP contribution in [0.5, 0.6) is 0 Å². The van der Waals surface area contributed by atoms with Gasteiger partial charge in [-0.05, 0) is 12.8 Å². The lowest BCUT2D eigenvalue weighted by molar-refractivity contribution is -0.145. The zero-order valence-corrected chi connectivity index (χ0v) is 29.3. The number of esters is 1. The van der Waals surface area contributed by atoms with Crippen LogP contribution < -0.4 is 0 Å². The zero-order chi connectivity index (χ0) is 33.3. The Morgan fingerprint density at radius 1 is 0.304 bits per heavy atom. The Hall–Kier alpha value is -0.930. The van der Waals surface area contributed by atoms with Crippen molar-refractivity contribution in [3.8, 4) is 0 Å². The van der Waals surface area contributed by atoms with Crippen molar-refractivity contribution in [2.45, 2.75) is 78.1 Å². The highest BCUT2D eigenvalue weighted by atomic mass is 16.6. The number of carbonyl (C=O) groups excluding carboxylic acids is 1. The highest BCUT2D eigenvalue weighted by Crippen LogP contribution is 2.03. The summed E-state index contributed by atoms with van der Waals surface area (Å²) in [6, 6.07) is 0. The van der Waals surface area contributed by atoms with Gasteiger partial charge in [0.1, 0.15) is 6.61 Å². The number of carbonyl (C=O) groups is 1. The largest absolute Gasteiger partial charge is 0.463 e. The molecule has 0 saturated carbocycles. The minimum absolute atomic E-state index is 0.150. The maximum Gasteiger partial charge on any atom is 0.305 e. The summed E-state index contributed by atoms with van der Waals surface area (Å²) in [5, 5.41) is 0. The van der Waals surface area contributed by atoms with Crippen LogP contribution in [0.25, 0.3) is 0 Å². The van der Waals surface area contributed by atoms with Crippen LogP contribution in [-0.4, -0.2) is 145 Å². The highest BCUT2D eigenvalue weighted by molar-refractivity contribution is 5.69. The second kappa shape index (κ2) is 42.1. The number of unbranched alkanes of at least 4 members (excludes halogenated alkanes) is 7. The van der Waals surface area contributed by atoms with E-state index in [0.29, 0.717) is 132 Å². The molecule has 0 bridgehead atoms. The molecule has 0 aliphatic carbocycles. The van der Waals surface area contributed by atoms with Crippen molar-refractivity contribution in [1.82, 2.24) is 0 Å². The van der Waals surface area contributed by atoms with Gasteiger partial charge >= 0.3 is 5.97 Å². The highest BCUT2D eigenvalue weighted by Gasteiger charge is 2.02. The molecule has 0 aliphatic heterocycles. The molecule has 0 radical (unpaired) electrons. The lowest BCUT2D eigenvalue weighted by Gasteiger charge is -2.09. The number of hydrogen-bond donors (Lipinski definition) is 0. The van der Waals surface area contributed by atoms with Crippen molar-refractivity contribution in [2.75, 3.05) is 139 Å². The van der Waals surface area contributed by atoms with Gasteiger partial charge in [-0.25, -0.2) is 0 Å². The van der Waals surface area contributed by atoms with E-state index >= 15 is 0 Å². The Morgan fingerprint density at radius 2 is 0.565 bits per heavy atom. The minimum atomic E-state index is -0.150. The molecule has 0 rings (SSSR count). The van der Waals surface area contributed by atoms with Crippen LogP contribution in [0, 0.1) is 0 Å². The molecule has 276 valence electrons. The molecule has 12 heteroatoms. The van der Waals surface area contributed by atoms with Crippen LogP contribution in [0.2, 0.25) is 0 Å². The molecule has 0 heterocycles. The summed E-state index contributed by atoms with van der Waals surface area (Å²) in [5.41, 5.74) is 0. The topological polar surface area (TPSA) is 119 Å². The van der Waals surface area contributed by atoms with Gasteiger partial charge in [0.25, 0.3) is 0 Å².